The average molecular weight is 301 g/mol. The minimum Gasteiger partial charge on any atom is -0.344 e. The summed E-state index contributed by atoms with van der Waals surface area (Å²) in [6.45, 7) is 1.82. The van der Waals surface area contributed by atoms with Crippen molar-refractivity contribution in [2.45, 2.75) is 25.6 Å². The summed E-state index contributed by atoms with van der Waals surface area (Å²) in [6.07, 6.45) is 2.37. The quantitative estimate of drug-likeness (QED) is 0.784. The Labute approximate surface area is 129 Å². The minimum absolute atomic E-state index is 0.129. The van der Waals surface area contributed by atoms with Crippen LogP contribution in [0.1, 0.15) is 18.4 Å². The van der Waals surface area contributed by atoms with Crippen molar-refractivity contribution < 1.29 is 4.84 Å². The molecule has 0 aliphatic carbocycles. The molecule has 21 heavy (non-hydrogen) atoms. The predicted octanol–water partition coefficient (Wildman–Crippen LogP) is 4.22. The molecule has 2 aromatic rings. The summed E-state index contributed by atoms with van der Waals surface area (Å²) in [4.78, 5) is 8.64. The molecular weight excluding hydrogens is 284 g/mol. The first-order valence-corrected chi connectivity index (χ1v) is 7.73. The zero-order valence-electron chi connectivity index (χ0n) is 11.7. The molecule has 0 radical (unpaired) electrons. The van der Waals surface area contributed by atoms with Crippen molar-refractivity contribution in [3.05, 3.63) is 59.1 Å². The predicted molar refractivity (Wildman–Crippen MR) is 85.5 cm³/mol. The standard InChI is InChI=1S/C17H17ClN2O/c18-14-7-9-15(10-8-14)20-12-13-4-1-2-5-16(13)19-11-3-6-17(19)21-20/h1-2,4-5,7-10,17H,3,6,11-12H2. The molecule has 1 atom stereocenters. The van der Waals surface area contributed by atoms with Crippen molar-refractivity contribution in [3.8, 4) is 0 Å². The van der Waals surface area contributed by atoms with Gasteiger partial charge in [0.05, 0.1) is 12.2 Å². The molecule has 1 unspecified atom stereocenters. The van der Waals surface area contributed by atoms with E-state index in [2.05, 4.69) is 29.2 Å². The van der Waals surface area contributed by atoms with Crippen LogP contribution in [-0.4, -0.2) is 12.8 Å². The van der Waals surface area contributed by atoms with E-state index in [0.717, 1.165) is 30.2 Å². The second-order valence-corrected chi connectivity index (χ2v) is 5.97. The van der Waals surface area contributed by atoms with Crippen molar-refractivity contribution in [2.24, 2.45) is 0 Å². The number of fused-ring (bicyclic) bond motifs is 3. The zero-order valence-corrected chi connectivity index (χ0v) is 12.5. The van der Waals surface area contributed by atoms with Gasteiger partial charge in [0.25, 0.3) is 0 Å². The highest BCUT2D eigenvalue weighted by atomic mass is 35.5. The number of halogens is 1. The second-order valence-electron chi connectivity index (χ2n) is 5.54. The highest BCUT2D eigenvalue weighted by Crippen LogP contribution is 2.35. The van der Waals surface area contributed by atoms with Crippen LogP contribution in [0.15, 0.2) is 48.5 Å². The minimum atomic E-state index is 0.129. The summed E-state index contributed by atoms with van der Waals surface area (Å²) < 4.78 is 0. The van der Waals surface area contributed by atoms with E-state index in [1.54, 1.807) is 0 Å². The van der Waals surface area contributed by atoms with Crippen LogP contribution in [0.3, 0.4) is 0 Å². The molecule has 0 spiro atoms. The van der Waals surface area contributed by atoms with Gasteiger partial charge in [-0.15, -0.1) is 0 Å². The topological polar surface area (TPSA) is 15.7 Å². The Bertz CT molecular complexity index is 643. The van der Waals surface area contributed by atoms with Crippen LogP contribution < -0.4 is 9.96 Å². The third-order valence-electron chi connectivity index (χ3n) is 4.18. The lowest BCUT2D eigenvalue weighted by Gasteiger charge is -2.28. The van der Waals surface area contributed by atoms with Gasteiger partial charge in [-0.1, -0.05) is 29.8 Å². The van der Waals surface area contributed by atoms with Crippen LogP contribution >= 0.6 is 11.6 Å². The van der Waals surface area contributed by atoms with Crippen molar-refractivity contribution in [3.63, 3.8) is 0 Å². The lowest BCUT2D eigenvalue weighted by Crippen LogP contribution is -2.35. The fourth-order valence-corrected chi connectivity index (χ4v) is 3.27. The number of anilines is 2. The van der Waals surface area contributed by atoms with Crippen LogP contribution in [-0.2, 0) is 11.4 Å². The summed E-state index contributed by atoms with van der Waals surface area (Å²) in [5.41, 5.74) is 3.65. The fourth-order valence-electron chi connectivity index (χ4n) is 3.14. The molecule has 1 saturated heterocycles. The summed E-state index contributed by atoms with van der Waals surface area (Å²) in [5, 5.41) is 2.74. The number of benzene rings is 2. The maximum absolute atomic E-state index is 6.26. The van der Waals surface area contributed by atoms with E-state index in [9.17, 15) is 0 Å². The smallest absolute Gasteiger partial charge is 0.157 e. The van der Waals surface area contributed by atoms with Crippen molar-refractivity contribution in [1.82, 2.24) is 0 Å². The summed E-state index contributed by atoms with van der Waals surface area (Å²) >= 11 is 5.99. The van der Waals surface area contributed by atoms with Crippen LogP contribution in [0.2, 0.25) is 5.02 Å². The van der Waals surface area contributed by atoms with Crippen molar-refractivity contribution in [2.75, 3.05) is 16.5 Å². The summed E-state index contributed by atoms with van der Waals surface area (Å²) in [5.74, 6) is 0. The van der Waals surface area contributed by atoms with E-state index in [4.69, 9.17) is 16.4 Å². The van der Waals surface area contributed by atoms with Gasteiger partial charge in [0.15, 0.2) is 6.23 Å². The highest BCUT2D eigenvalue weighted by molar-refractivity contribution is 6.30. The van der Waals surface area contributed by atoms with Crippen LogP contribution in [0.25, 0.3) is 0 Å². The van der Waals surface area contributed by atoms with E-state index in [1.165, 1.54) is 17.7 Å². The number of hydrogen-bond acceptors (Lipinski definition) is 3. The van der Waals surface area contributed by atoms with E-state index in [0.29, 0.717) is 0 Å². The Balaban J connectivity index is 1.73. The first-order valence-electron chi connectivity index (χ1n) is 7.36. The van der Waals surface area contributed by atoms with Gasteiger partial charge in [0.1, 0.15) is 0 Å². The van der Waals surface area contributed by atoms with E-state index >= 15 is 0 Å². The van der Waals surface area contributed by atoms with E-state index in [-0.39, 0.29) is 6.23 Å². The number of rotatable bonds is 1. The van der Waals surface area contributed by atoms with Crippen molar-refractivity contribution >= 4 is 23.0 Å². The van der Waals surface area contributed by atoms with Gasteiger partial charge < -0.3 is 4.90 Å². The van der Waals surface area contributed by atoms with Gasteiger partial charge in [-0.05, 0) is 48.7 Å². The number of para-hydroxylation sites is 1. The lowest BCUT2D eigenvalue weighted by molar-refractivity contribution is 0.0404. The summed E-state index contributed by atoms with van der Waals surface area (Å²) in [6, 6.07) is 16.4. The monoisotopic (exact) mass is 300 g/mol. The van der Waals surface area contributed by atoms with Gasteiger partial charge in [-0.2, -0.15) is 0 Å². The average Bonchev–Trinajstić information content (AvgIpc) is 2.90. The maximum atomic E-state index is 6.26. The fraction of sp³-hybridized carbons (Fsp3) is 0.294. The normalized spacial score (nSPS) is 20.9. The molecule has 0 bridgehead atoms. The summed E-state index contributed by atoms with van der Waals surface area (Å²) in [7, 11) is 0. The van der Waals surface area contributed by atoms with Gasteiger partial charge in [0, 0.05) is 17.3 Å². The Morgan fingerprint density at radius 2 is 1.86 bits per heavy atom. The van der Waals surface area contributed by atoms with Gasteiger partial charge >= 0.3 is 0 Å². The molecule has 0 N–H and O–H groups in total. The SMILES string of the molecule is Clc1ccc(N2Cc3ccccc3N3CCCC3O2)cc1. The zero-order chi connectivity index (χ0) is 14.2. The van der Waals surface area contributed by atoms with E-state index < -0.39 is 0 Å². The van der Waals surface area contributed by atoms with Crippen LogP contribution in [0.4, 0.5) is 11.4 Å². The first-order chi connectivity index (χ1) is 10.3. The second kappa shape index (κ2) is 5.24. The Morgan fingerprint density at radius 3 is 2.71 bits per heavy atom. The molecule has 4 heteroatoms. The molecule has 2 aromatic carbocycles. The molecule has 0 amide bonds. The van der Waals surface area contributed by atoms with Crippen LogP contribution in [0.5, 0.6) is 0 Å². The van der Waals surface area contributed by atoms with Crippen molar-refractivity contribution in [1.29, 1.82) is 0 Å². The molecule has 1 fully saturated rings. The molecular formula is C17H17ClN2O. The molecule has 4 rings (SSSR count). The molecule has 0 aromatic heterocycles. The lowest BCUT2D eigenvalue weighted by atomic mass is 10.1. The number of hydrogen-bond donors (Lipinski definition) is 0. The van der Waals surface area contributed by atoms with Gasteiger partial charge in [-0.25, -0.2) is 9.90 Å². The highest BCUT2D eigenvalue weighted by Gasteiger charge is 2.32. The molecule has 3 nitrogen and oxygen atoms in total. The van der Waals surface area contributed by atoms with E-state index in [1.807, 2.05) is 29.3 Å². The molecule has 2 aliphatic heterocycles. The maximum Gasteiger partial charge on any atom is 0.157 e. The van der Waals surface area contributed by atoms with Gasteiger partial charge in [0.2, 0.25) is 0 Å². The third-order valence-corrected chi connectivity index (χ3v) is 4.43. The molecule has 0 saturated carbocycles. The molecule has 2 heterocycles. The molecule has 2 aliphatic rings. The van der Waals surface area contributed by atoms with Crippen LogP contribution in [0, 0.1) is 0 Å². The number of hydroxylamine groups is 1. The molecule has 108 valence electrons. The van der Waals surface area contributed by atoms with Gasteiger partial charge in [-0.3, -0.25) is 0 Å². The first kappa shape index (κ1) is 13.0. The Morgan fingerprint density at radius 1 is 1.05 bits per heavy atom. The largest absolute Gasteiger partial charge is 0.344 e. The Hall–Kier alpha value is -1.71. The number of nitrogens with zero attached hydrogens (tertiary/aromatic N) is 2. The Kier molecular flexibility index (Phi) is 3.24. The third kappa shape index (κ3) is 2.37.